The van der Waals surface area contributed by atoms with Gasteiger partial charge >= 0.3 is 0 Å². The molecule has 0 aromatic heterocycles. The van der Waals surface area contributed by atoms with E-state index in [9.17, 15) is 17.6 Å². The van der Waals surface area contributed by atoms with Gasteiger partial charge in [0.05, 0.1) is 9.92 Å². The van der Waals surface area contributed by atoms with Crippen molar-refractivity contribution in [3.63, 3.8) is 0 Å². The minimum absolute atomic E-state index is 0.0735. The van der Waals surface area contributed by atoms with Gasteiger partial charge in [-0.15, -0.1) is 0 Å². The monoisotopic (exact) mass is 406 g/mol. The molecule has 3 aromatic carbocycles. The summed E-state index contributed by atoms with van der Waals surface area (Å²) in [6.45, 7) is -0.0735. The number of rotatable bonds is 6. The molecule has 3 rings (SSSR count). The van der Waals surface area contributed by atoms with Gasteiger partial charge < -0.3 is 5.32 Å². The second kappa shape index (κ2) is 8.04. The highest BCUT2D eigenvalue weighted by atomic mass is 35.5. The van der Waals surface area contributed by atoms with Crippen molar-refractivity contribution in [2.75, 3.05) is 11.9 Å². The lowest BCUT2D eigenvalue weighted by molar-refractivity contribution is -0.116. The molecule has 0 atom stereocenters. The van der Waals surface area contributed by atoms with Crippen LogP contribution in [0.3, 0.4) is 0 Å². The second-order valence-corrected chi connectivity index (χ2v) is 8.01. The summed E-state index contributed by atoms with van der Waals surface area (Å²) in [7, 11) is -3.73. The quantitative estimate of drug-likeness (QED) is 0.651. The Bertz CT molecular complexity index is 1100. The number of anilines is 1. The Labute approximate surface area is 161 Å². The molecule has 0 heterocycles. The first-order valence-electron chi connectivity index (χ1n) is 8.08. The normalized spacial score (nSPS) is 11.5. The summed E-state index contributed by atoms with van der Waals surface area (Å²) in [5, 5.41) is 4.18. The third-order valence-corrected chi connectivity index (χ3v) is 5.63. The fourth-order valence-corrected chi connectivity index (χ4v) is 3.76. The Morgan fingerprint density at radius 2 is 1.74 bits per heavy atom. The van der Waals surface area contributed by atoms with E-state index < -0.39 is 21.7 Å². The molecule has 0 aliphatic heterocycles. The summed E-state index contributed by atoms with van der Waals surface area (Å²) >= 11 is 5.65. The molecule has 0 spiro atoms. The number of hydrogen-bond donors (Lipinski definition) is 2. The van der Waals surface area contributed by atoms with Gasteiger partial charge in [-0.2, -0.15) is 0 Å². The molecule has 3 aromatic rings. The summed E-state index contributed by atoms with van der Waals surface area (Å²) in [6.07, 6.45) is -0.0815. The summed E-state index contributed by atoms with van der Waals surface area (Å²) in [5.74, 6) is -1.00. The summed E-state index contributed by atoms with van der Waals surface area (Å²) in [6, 6.07) is 16.1. The standard InChI is InChI=1S/C19H16ClFN2O3S/c20-17-12-15(6-8-18(17)21)23-19(24)9-10-22-27(25,26)16-7-5-13-3-1-2-4-14(13)11-16/h1-8,11-12,22H,9-10H2,(H,23,24). The van der Waals surface area contributed by atoms with Crippen molar-refractivity contribution in [2.24, 2.45) is 0 Å². The molecular formula is C19H16ClFN2O3S. The molecule has 0 radical (unpaired) electrons. The van der Waals surface area contributed by atoms with Crippen molar-refractivity contribution in [3.05, 3.63) is 71.5 Å². The van der Waals surface area contributed by atoms with E-state index in [-0.39, 0.29) is 22.9 Å². The molecule has 0 bridgehead atoms. The third kappa shape index (κ3) is 4.82. The van der Waals surface area contributed by atoms with Crippen LogP contribution in [0.4, 0.5) is 10.1 Å². The number of carbonyl (C=O) groups excluding carboxylic acids is 1. The zero-order valence-electron chi connectivity index (χ0n) is 14.1. The van der Waals surface area contributed by atoms with Gasteiger partial charge in [-0.05, 0) is 41.1 Å². The van der Waals surface area contributed by atoms with Gasteiger partial charge in [-0.25, -0.2) is 17.5 Å². The van der Waals surface area contributed by atoms with E-state index in [4.69, 9.17) is 11.6 Å². The molecule has 2 N–H and O–H groups in total. The van der Waals surface area contributed by atoms with Crippen LogP contribution in [0.2, 0.25) is 5.02 Å². The lowest BCUT2D eigenvalue weighted by Gasteiger charge is -2.09. The average molecular weight is 407 g/mol. The molecule has 0 saturated carbocycles. The van der Waals surface area contributed by atoms with E-state index in [1.165, 1.54) is 18.2 Å². The van der Waals surface area contributed by atoms with Gasteiger partial charge in [-0.1, -0.05) is 41.9 Å². The fourth-order valence-electron chi connectivity index (χ4n) is 2.51. The van der Waals surface area contributed by atoms with Crippen LogP contribution in [0.5, 0.6) is 0 Å². The van der Waals surface area contributed by atoms with E-state index in [0.29, 0.717) is 5.69 Å². The number of halogens is 2. The number of carbonyl (C=O) groups is 1. The number of sulfonamides is 1. The zero-order chi connectivity index (χ0) is 19.4. The van der Waals surface area contributed by atoms with Crippen LogP contribution in [0.15, 0.2) is 65.6 Å². The largest absolute Gasteiger partial charge is 0.326 e. The predicted molar refractivity (Wildman–Crippen MR) is 104 cm³/mol. The minimum atomic E-state index is -3.73. The van der Waals surface area contributed by atoms with Gasteiger partial charge in [0.15, 0.2) is 0 Å². The molecule has 27 heavy (non-hydrogen) atoms. The molecule has 8 heteroatoms. The Morgan fingerprint density at radius 1 is 1.00 bits per heavy atom. The summed E-state index contributed by atoms with van der Waals surface area (Å²) in [4.78, 5) is 12.1. The number of fused-ring (bicyclic) bond motifs is 1. The first-order chi connectivity index (χ1) is 12.8. The Kier molecular flexibility index (Phi) is 5.74. The van der Waals surface area contributed by atoms with Gasteiger partial charge in [-0.3, -0.25) is 4.79 Å². The molecule has 140 valence electrons. The highest BCUT2D eigenvalue weighted by Gasteiger charge is 2.15. The van der Waals surface area contributed by atoms with E-state index >= 15 is 0 Å². The maximum atomic E-state index is 13.1. The van der Waals surface area contributed by atoms with Crippen molar-refractivity contribution in [3.8, 4) is 0 Å². The van der Waals surface area contributed by atoms with Gasteiger partial charge in [0.1, 0.15) is 5.82 Å². The highest BCUT2D eigenvalue weighted by molar-refractivity contribution is 7.89. The fraction of sp³-hybridized carbons (Fsp3) is 0.105. The Hall–Kier alpha value is -2.48. The first kappa shape index (κ1) is 19.3. The van der Waals surface area contributed by atoms with Gasteiger partial charge in [0.2, 0.25) is 15.9 Å². The van der Waals surface area contributed by atoms with E-state index in [1.54, 1.807) is 12.1 Å². The van der Waals surface area contributed by atoms with Crippen LogP contribution < -0.4 is 10.0 Å². The maximum absolute atomic E-state index is 13.1. The topological polar surface area (TPSA) is 75.3 Å². The Balaban J connectivity index is 1.59. The molecular weight excluding hydrogens is 391 g/mol. The van der Waals surface area contributed by atoms with Gasteiger partial charge in [0, 0.05) is 18.7 Å². The van der Waals surface area contributed by atoms with Crippen LogP contribution in [0, 0.1) is 5.82 Å². The number of amides is 1. The van der Waals surface area contributed by atoms with Crippen LogP contribution in [0.1, 0.15) is 6.42 Å². The Morgan fingerprint density at radius 3 is 2.48 bits per heavy atom. The van der Waals surface area contributed by atoms with E-state index in [2.05, 4.69) is 10.0 Å². The van der Waals surface area contributed by atoms with Crippen molar-refractivity contribution >= 4 is 44.0 Å². The molecule has 0 unspecified atom stereocenters. The lowest BCUT2D eigenvalue weighted by atomic mass is 10.1. The van der Waals surface area contributed by atoms with E-state index in [0.717, 1.165) is 16.8 Å². The van der Waals surface area contributed by atoms with Crippen LogP contribution in [-0.2, 0) is 14.8 Å². The third-order valence-electron chi connectivity index (χ3n) is 3.88. The first-order valence-corrected chi connectivity index (χ1v) is 9.95. The highest BCUT2D eigenvalue weighted by Crippen LogP contribution is 2.20. The van der Waals surface area contributed by atoms with Crippen molar-refractivity contribution in [2.45, 2.75) is 11.3 Å². The molecule has 0 aliphatic carbocycles. The summed E-state index contributed by atoms with van der Waals surface area (Å²) < 4.78 is 40.3. The molecule has 0 aliphatic rings. The van der Waals surface area contributed by atoms with Gasteiger partial charge in [0.25, 0.3) is 0 Å². The second-order valence-electron chi connectivity index (χ2n) is 5.83. The van der Waals surface area contributed by atoms with Crippen molar-refractivity contribution in [1.82, 2.24) is 4.72 Å². The SMILES string of the molecule is O=C(CCNS(=O)(=O)c1ccc2ccccc2c1)Nc1ccc(F)c(Cl)c1. The predicted octanol–water partition coefficient (Wildman–Crippen LogP) is 3.94. The summed E-state index contributed by atoms with van der Waals surface area (Å²) in [5.41, 5.74) is 0.337. The number of hydrogen-bond acceptors (Lipinski definition) is 3. The molecule has 0 saturated heterocycles. The maximum Gasteiger partial charge on any atom is 0.240 e. The molecule has 1 amide bonds. The lowest BCUT2D eigenvalue weighted by Crippen LogP contribution is -2.27. The van der Waals surface area contributed by atoms with Crippen LogP contribution in [-0.4, -0.2) is 20.9 Å². The van der Waals surface area contributed by atoms with Crippen molar-refractivity contribution in [1.29, 1.82) is 0 Å². The smallest absolute Gasteiger partial charge is 0.240 e. The van der Waals surface area contributed by atoms with Crippen molar-refractivity contribution < 1.29 is 17.6 Å². The van der Waals surface area contributed by atoms with Crippen LogP contribution >= 0.6 is 11.6 Å². The van der Waals surface area contributed by atoms with Crippen LogP contribution in [0.25, 0.3) is 10.8 Å². The molecule has 0 fully saturated rings. The minimum Gasteiger partial charge on any atom is -0.326 e. The van der Waals surface area contributed by atoms with E-state index in [1.807, 2.05) is 24.3 Å². The number of benzene rings is 3. The average Bonchev–Trinajstić information content (AvgIpc) is 2.64. The number of nitrogens with one attached hydrogen (secondary N) is 2. The zero-order valence-corrected chi connectivity index (χ0v) is 15.6. The molecule has 5 nitrogen and oxygen atoms in total.